The van der Waals surface area contributed by atoms with Gasteiger partial charge in [-0.1, -0.05) is 11.8 Å². The number of rotatable bonds is 7. The maximum Gasteiger partial charge on any atom is 0.277 e. The zero-order valence-corrected chi connectivity index (χ0v) is 14.5. The lowest BCUT2D eigenvalue weighted by molar-refractivity contribution is -0.119. The van der Waals surface area contributed by atoms with Gasteiger partial charge in [0.05, 0.1) is 12.3 Å². The van der Waals surface area contributed by atoms with Crippen LogP contribution in [0.4, 0.5) is 4.39 Å². The van der Waals surface area contributed by atoms with E-state index in [4.69, 9.17) is 8.83 Å². The molecule has 0 aliphatic heterocycles. The quantitative estimate of drug-likeness (QED) is 0.500. The summed E-state index contributed by atoms with van der Waals surface area (Å²) >= 11 is 1.08. The minimum Gasteiger partial charge on any atom is -0.456 e. The van der Waals surface area contributed by atoms with Gasteiger partial charge in [-0.15, -0.1) is 10.2 Å². The Bertz CT molecular complexity index is 920. The van der Waals surface area contributed by atoms with E-state index in [0.717, 1.165) is 11.8 Å². The highest BCUT2D eigenvalue weighted by atomic mass is 32.2. The van der Waals surface area contributed by atoms with Gasteiger partial charge in [-0.2, -0.15) is 0 Å². The number of aromatic nitrogens is 2. The van der Waals surface area contributed by atoms with Crippen molar-refractivity contribution in [2.75, 3.05) is 5.75 Å². The predicted molar refractivity (Wildman–Crippen MR) is 91.0 cm³/mol. The second-order valence-electron chi connectivity index (χ2n) is 5.27. The number of hydrogen-bond acceptors (Lipinski definition) is 7. The number of carbonyl (C=O) groups is 2. The van der Waals surface area contributed by atoms with Crippen LogP contribution >= 0.6 is 11.8 Å². The topological polar surface area (TPSA) is 98.2 Å². The third kappa shape index (κ3) is 4.57. The van der Waals surface area contributed by atoms with Crippen molar-refractivity contribution in [3.05, 3.63) is 53.7 Å². The molecule has 1 amide bonds. The van der Waals surface area contributed by atoms with Crippen LogP contribution in [-0.2, 0) is 11.3 Å². The van der Waals surface area contributed by atoms with Gasteiger partial charge in [0.25, 0.3) is 5.22 Å². The summed E-state index contributed by atoms with van der Waals surface area (Å²) < 4.78 is 23.8. The minimum atomic E-state index is -0.357. The van der Waals surface area contributed by atoms with Crippen molar-refractivity contribution in [3.63, 3.8) is 0 Å². The molecule has 0 fully saturated rings. The third-order valence-electron chi connectivity index (χ3n) is 3.27. The normalized spacial score (nSPS) is 10.7. The Kier molecular flexibility index (Phi) is 5.47. The number of Topliss-reactive ketones (excluding diaryl/α,β-unsaturated/α-hetero) is 1. The molecule has 7 nitrogen and oxygen atoms in total. The van der Waals surface area contributed by atoms with E-state index in [1.165, 1.54) is 31.2 Å². The fourth-order valence-electron chi connectivity index (χ4n) is 2.01. The first kappa shape index (κ1) is 17.9. The van der Waals surface area contributed by atoms with Gasteiger partial charge in [-0.25, -0.2) is 4.39 Å². The Morgan fingerprint density at radius 1 is 1.12 bits per heavy atom. The van der Waals surface area contributed by atoms with Gasteiger partial charge in [-0.3, -0.25) is 9.59 Å². The van der Waals surface area contributed by atoms with E-state index in [1.54, 1.807) is 12.1 Å². The van der Waals surface area contributed by atoms with Crippen LogP contribution in [0.2, 0.25) is 0 Å². The van der Waals surface area contributed by atoms with Crippen LogP contribution in [0.5, 0.6) is 0 Å². The van der Waals surface area contributed by atoms with Crippen LogP contribution in [0.25, 0.3) is 11.5 Å². The summed E-state index contributed by atoms with van der Waals surface area (Å²) in [6.45, 7) is 1.62. The van der Waals surface area contributed by atoms with E-state index in [-0.39, 0.29) is 46.7 Å². The molecule has 134 valence electrons. The van der Waals surface area contributed by atoms with Crippen molar-refractivity contribution in [1.29, 1.82) is 0 Å². The monoisotopic (exact) mass is 375 g/mol. The van der Waals surface area contributed by atoms with E-state index < -0.39 is 0 Å². The van der Waals surface area contributed by atoms with Crippen LogP contribution in [0.15, 0.2) is 50.5 Å². The molecular weight excluding hydrogens is 361 g/mol. The molecule has 2 heterocycles. The standard InChI is InChI=1S/C17H14FN3O4S/c1-10(22)19-8-13-6-7-15(24-13)14(23)9-26-17-21-20-16(25-17)11-2-4-12(18)5-3-11/h2-7H,8-9H2,1H3,(H,19,22). The highest BCUT2D eigenvalue weighted by molar-refractivity contribution is 7.99. The molecule has 1 aromatic carbocycles. The van der Waals surface area contributed by atoms with Gasteiger partial charge in [0.2, 0.25) is 17.6 Å². The van der Waals surface area contributed by atoms with Gasteiger partial charge in [0, 0.05) is 12.5 Å². The van der Waals surface area contributed by atoms with E-state index in [1.807, 2.05) is 0 Å². The summed E-state index contributed by atoms with van der Waals surface area (Å²) in [5.41, 5.74) is 0.589. The van der Waals surface area contributed by atoms with Crippen molar-refractivity contribution in [1.82, 2.24) is 15.5 Å². The lowest BCUT2D eigenvalue weighted by Crippen LogP contribution is -2.18. The maximum atomic E-state index is 12.9. The maximum absolute atomic E-state index is 12.9. The molecule has 0 atom stereocenters. The zero-order chi connectivity index (χ0) is 18.5. The fourth-order valence-corrected chi connectivity index (χ4v) is 2.64. The Morgan fingerprint density at radius 3 is 2.62 bits per heavy atom. The van der Waals surface area contributed by atoms with E-state index in [9.17, 15) is 14.0 Å². The number of ketones is 1. The minimum absolute atomic E-state index is 0.0537. The molecule has 0 unspecified atom stereocenters. The Labute approximate surface area is 152 Å². The van der Waals surface area contributed by atoms with E-state index in [0.29, 0.717) is 11.3 Å². The van der Waals surface area contributed by atoms with Crippen LogP contribution in [0.1, 0.15) is 23.2 Å². The van der Waals surface area contributed by atoms with Crippen LogP contribution < -0.4 is 5.32 Å². The average Bonchev–Trinajstić information content (AvgIpc) is 3.28. The summed E-state index contributed by atoms with van der Waals surface area (Å²) in [4.78, 5) is 23.0. The number of hydrogen-bond donors (Lipinski definition) is 1. The van der Waals surface area contributed by atoms with Crippen molar-refractivity contribution in [2.24, 2.45) is 0 Å². The molecule has 3 rings (SSSR count). The second kappa shape index (κ2) is 7.96. The van der Waals surface area contributed by atoms with Crippen molar-refractivity contribution >= 4 is 23.5 Å². The van der Waals surface area contributed by atoms with Crippen molar-refractivity contribution < 1.29 is 22.8 Å². The van der Waals surface area contributed by atoms with Crippen LogP contribution in [-0.4, -0.2) is 27.6 Å². The summed E-state index contributed by atoms with van der Waals surface area (Å²) in [6.07, 6.45) is 0. The van der Waals surface area contributed by atoms with E-state index in [2.05, 4.69) is 15.5 Å². The smallest absolute Gasteiger partial charge is 0.277 e. The van der Waals surface area contributed by atoms with Gasteiger partial charge in [0.15, 0.2) is 5.76 Å². The average molecular weight is 375 g/mol. The molecule has 9 heteroatoms. The highest BCUT2D eigenvalue weighted by Crippen LogP contribution is 2.24. The molecule has 0 spiro atoms. The summed E-state index contributed by atoms with van der Waals surface area (Å²) in [5.74, 6) is 0.197. The van der Waals surface area contributed by atoms with Crippen molar-refractivity contribution in [2.45, 2.75) is 18.7 Å². The molecule has 0 aliphatic rings. The zero-order valence-electron chi connectivity index (χ0n) is 13.7. The van der Waals surface area contributed by atoms with Gasteiger partial charge >= 0.3 is 0 Å². The second-order valence-corrected chi connectivity index (χ2v) is 6.19. The van der Waals surface area contributed by atoms with Gasteiger partial charge < -0.3 is 14.2 Å². The summed E-state index contributed by atoms with van der Waals surface area (Å²) in [5, 5.41) is 10.5. The largest absolute Gasteiger partial charge is 0.456 e. The van der Waals surface area contributed by atoms with Gasteiger partial charge in [0.1, 0.15) is 11.6 Å². The van der Waals surface area contributed by atoms with E-state index >= 15 is 0 Å². The molecule has 0 saturated heterocycles. The molecule has 2 aromatic heterocycles. The number of benzene rings is 1. The number of furan rings is 1. The number of amides is 1. The van der Waals surface area contributed by atoms with Crippen LogP contribution in [0, 0.1) is 5.82 Å². The predicted octanol–water partition coefficient (Wildman–Crippen LogP) is 3.08. The summed E-state index contributed by atoms with van der Waals surface area (Å²) in [6, 6.07) is 8.84. The molecule has 0 radical (unpaired) electrons. The SMILES string of the molecule is CC(=O)NCc1ccc(C(=O)CSc2nnc(-c3ccc(F)cc3)o2)o1. The number of nitrogens with zero attached hydrogens (tertiary/aromatic N) is 2. The Morgan fingerprint density at radius 2 is 1.88 bits per heavy atom. The molecule has 0 bridgehead atoms. The molecule has 0 aliphatic carbocycles. The lowest BCUT2D eigenvalue weighted by atomic mass is 10.2. The first-order chi connectivity index (χ1) is 12.5. The molecule has 26 heavy (non-hydrogen) atoms. The first-order valence-electron chi connectivity index (χ1n) is 7.60. The number of thioether (sulfide) groups is 1. The number of halogens is 1. The number of nitrogens with one attached hydrogen (secondary N) is 1. The van der Waals surface area contributed by atoms with Crippen molar-refractivity contribution in [3.8, 4) is 11.5 Å². The van der Waals surface area contributed by atoms with Crippen LogP contribution in [0.3, 0.4) is 0 Å². The number of carbonyl (C=O) groups excluding carboxylic acids is 2. The fraction of sp³-hybridized carbons (Fsp3) is 0.176. The van der Waals surface area contributed by atoms with Gasteiger partial charge in [-0.05, 0) is 36.4 Å². The Balaban J connectivity index is 1.56. The highest BCUT2D eigenvalue weighted by Gasteiger charge is 2.15. The third-order valence-corrected chi connectivity index (χ3v) is 4.09. The lowest BCUT2D eigenvalue weighted by Gasteiger charge is -1.98. The molecule has 3 aromatic rings. The molecule has 0 saturated carbocycles. The molecule has 1 N–H and O–H groups in total. The molecular formula is C17H14FN3O4S. The Hall–Kier alpha value is -2.94. The summed E-state index contributed by atoms with van der Waals surface area (Å²) in [7, 11) is 0. The first-order valence-corrected chi connectivity index (χ1v) is 8.58.